The van der Waals surface area contributed by atoms with E-state index in [-0.39, 0.29) is 5.75 Å². The minimum atomic E-state index is 0.231. The van der Waals surface area contributed by atoms with Gasteiger partial charge in [-0.25, -0.2) is 0 Å². The molecule has 1 N–H and O–H groups in total. The summed E-state index contributed by atoms with van der Waals surface area (Å²) < 4.78 is 22.3. The largest absolute Gasteiger partial charge is 0.508 e. The second-order valence-corrected chi connectivity index (χ2v) is 6.68. The van der Waals surface area contributed by atoms with Crippen LogP contribution in [-0.2, 0) is 9.47 Å². The van der Waals surface area contributed by atoms with Crippen LogP contribution in [0.15, 0.2) is 30.3 Å². The molecule has 0 fully saturated rings. The Hall–Kier alpha value is -2.24. The van der Waals surface area contributed by atoms with Crippen LogP contribution in [0.1, 0.15) is 30.9 Å². The zero-order chi connectivity index (χ0) is 19.8. The van der Waals surface area contributed by atoms with Crippen LogP contribution < -0.4 is 9.47 Å². The summed E-state index contributed by atoms with van der Waals surface area (Å²) in [6.07, 6.45) is 0. The molecule has 5 heteroatoms. The number of ether oxygens (including phenoxy) is 4. The molecule has 0 aliphatic heterocycles. The third-order valence-electron chi connectivity index (χ3n) is 4.40. The van der Waals surface area contributed by atoms with Gasteiger partial charge in [-0.1, -0.05) is 26.0 Å². The molecule has 2 aromatic rings. The standard InChI is InChI=1S/C22H30O5/c1-15(2)19-14-20(26-12-10-24-4)22(27-13-11-25-5)21(16(19)3)17-6-8-18(23)9-7-17/h6-9,14-15,23H,10-13H2,1-5H3. The van der Waals surface area contributed by atoms with E-state index in [1.54, 1.807) is 26.4 Å². The maximum atomic E-state index is 9.67. The first-order valence-electron chi connectivity index (χ1n) is 9.20. The monoisotopic (exact) mass is 374 g/mol. The molecule has 0 unspecified atom stereocenters. The molecule has 0 saturated carbocycles. The molecule has 2 aromatic carbocycles. The molecule has 0 amide bonds. The van der Waals surface area contributed by atoms with Gasteiger partial charge in [-0.15, -0.1) is 0 Å². The van der Waals surface area contributed by atoms with Crippen LogP contribution in [0.2, 0.25) is 0 Å². The highest BCUT2D eigenvalue weighted by Crippen LogP contribution is 2.44. The quantitative estimate of drug-likeness (QED) is 0.619. The average molecular weight is 374 g/mol. The normalized spacial score (nSPS) is 11.0. The highest BCUT2D eigenvalue weighted by molar-refractivity contribution is 5.79. The highest BCUT2D eigenvalue weighted by Gasteiger charge is 2.21. The van der Waals surface area contributed by atoms with Crippen LogP contribution in [0, 0.1) is 6.92 Å². The number of methoxy groups -OCH3 is 2. The second kappa shape index (κ2) is 10.2. The molecule has 2 rings (SSSR count). The number of phenolic OH excluding ortho intramolecular Hbond substituents is 1. The lowest BCUT2D eigenvalue weighted by Gasteiger charge is -2.23. The van der Waals surface area contributed by atoms with Gasteiger partial charge in [0, 0.05) is 19.8 Å². The average Bonchev–Trinajstić information content (AvgIpc) is 2.64. The number of hydrogen-bond acceptors (Lipinski definition) is 5. The fraction of sp³-hybridized carbons (Fsp3) is 0.455. The summed E-state index contributed by atoms with van der Waals surface area (Å²) in [6, 6.07) is 9.21. The van der Waals surface area contributed by atoms with Gasteiger partial charge in [0.15, 0.2) is 11.5 Å². The Morgan fingerprint density at radius 2 is 1.48 bits per heavy atom. The SMILES string of the molecule is COCCOc1cc(C(C)C)c(C)c(-c2ccc(O)cc2)c1OCCOC. The number of aromatic hydroxyl groups is 1. The van der Waals surface area contributed by atoms with Crippen molar-refractivity contribution in [1.82, 2.24) is 0 Å². The smallest absolute Gasteiger partial charge is 0.169 e. The lowest BCUT2D eigenvalue weighted by atomic mass is 9.89. The molecule has 0 atom stereocenters. The van der Waals surface area contributed by atoms with Gasteiger partial charge < -0.3 is 24.1 Å². The Balaban J connectivity index is 2.60. The zero-order valence-corrected chi connectivity index (χ0v) is 16.9. The molecule has 0 bridgehead atoms. The number of benzene rings is 2. The summed E-state index contributed by atoms with van der Waals surface area (Å²) in [6.45, 7) is 8.25. The van der Waals surface area contributed by atoms with Gasteiger partial charge in [-0.2, -0.15) is 0 Å². The molecule has 0 heterocycles. The minimum Gasteiger partial charge on any atom is -0.508 e. The van der Waals surface area contributed by atoms with Crippen LogP contribution in [0.3, 0.4) is 0 Å². The lowest BCUT2D eigenvalue weighted by molar-refractivity contribution is 0.132. The molecule has 0 aromatic heterocycles. The fourth-order valence-corrected chi connectivity index (χ4v) is 3.04. The first-order valence-corrected chi connectivity index (χ1v) is 9.20. The Morgan fingerprint density at radius 1 is 0.889 bits per heavy atom. The third kappa shape index (κ3) is 5.37. The van der Waals surface area contributed by atoms with Crippen molar-refractivity contribution in [3.05, 3.63) is 41.5 Å². The first kappa shape index (κ1) is 21.1. The predicted octanol–water partition coefficient (Wildman–Crippen LogP) is 4.54. The van der Waals surface area contributed by atoms with Crippen LogP contribution >= 0.6 is 0 Å². The van der Waals surface area contributed by atoms with Crippen LogP contribution in [0.5, 0.6) is 17.2 Å². The molecule has 5 nitrogen and oxygen atoms in total. The fourth-order valence-electron chi connectivity index (χ4n) is 3.04. The van der Waals surface area contributed by atoms with Crippen molar-refractivity contribution >= 4 is 0 Å². The molecular formula is C22H30O5. The van der Waals surface area contributed by atoms with Gasteiger partial charge >= 0.3 is 0 Å². The van der Waals surface area contributed by atoms with Gasteiger partial charge in [0.25, 0.3) is 0 Å². The lowest BCUT2D eigenvalue weighted by Crippen LogP contribution is -2.11. The van der Waals surface area contributed by atoms with Crippen molar-refractivity contribution in [2.75, 3.05) is 40.6 Å². The van der Waals surface area contributed by atoms with E-state index < -0.39 is 0 Å². The van der Waals surface area contributed by atoms with Crippen molar-refractivity contribution < 1.29 is 24.1 Å². The molecule has 0 saturated heterocycles. The van der Waals surface area contributed by atoms with Gasteiger partial charge in [0.05, 0.1) is 13.2 Å². The topological polar surface area (TPSA) is 57.2 Å². The van der Waals surface area contributed by atoms with Gasteiger partial charge in [0.1, 0.15) is 19.0 Å². The van der Waals surface area contributed by atoms with Crippen molar-refractivity contribution in [3.8, 4) is 28.4 Å². The van der Waals surface area contributed by atoms with E-state index in [0.717, 1.165) is 16.7 Å². The van der Waals surface area contributed by atoms with Crippen molar-refractivity contribution in [3.63, 3.8) is 0 Å². The van der Waals surface area contributed by atoms with E-state index in [2.05, 4.69) is 26.8 Å². The van der Waals surface area contributed by atoms with Gasteiger partial charge in [-0.3, -0.25) is 0 Å². The van der Waals surface area contributed by atoms with E-state index in [1.165, 1.54) is 5.56 Å². The molecule has 0 aliphatic carbocycles. The summed E-state index contributed by atoms with van der Waals surface area (Å²) in [5.74, 6) is 1.95. The summed E-state index contributed by atoms with van der Waals surface area (Å²) in [5, 5.41) is 9.67. The zero-order valence-electron chi connectivity index (χ0n) is 16.9. The van der Waals surface area contributed by atoms with Crippen LogP contribution in [0.25, 0.3) is 11.1 Å². The maximum absolute atomic E-state index is 9.67. The molecule has 27 heavy (non-hydrogen) atoms. The van der Waals surface area contributed by atoms with Crippen molar-refractivity contribution in [2.24, 2.45) is 0 Å². The van der Waals surface area contributed by atoms with E-state index in [4.69, 9.17) is 18.9 Å². The molecule has 0 aliphatic rings. The molecule has 0 spiro atoms. The van der Waals surface area contributed by atoms with E-state index >= 15 is 0 Å². The highest BCUT2D eigenvalue weighted by atomic mass is 16.5. The number of rotatable bonds is 10. The second-order valence-electron chi connectivity index (χ2n) is 6.68. The van der Waals surface area contributed by atoms with Crippen LogP contribution in [0.4, 0.5) is 0 Å². The number of hydrogen-bond donors (Lipinski definition) is 1. The van der Waals surface area contributed by atoms with E-state index in [9.17, 15) is 5.11 Å². The summed E-state index contributed by atoms with van der Waals surface area (Å²) in [5.41, 5.74) is 4.29. The maximum Gasteiger partial charge on any atom is 0.169 e. The summed E-state index contributed by atoms with van der Waals surface area (Å²) in [7, 11) is 3.29. The van der Waals surface area contributed by atoms with Gasteiger partial charge in [0.2, 0.25) is 0 Å². The Bertz CT molecular complexity index is 722. The van der Waals surface area contributed by atoms with E-state index in [0.29, 0.717) is 43.8 Å². The Labute approximate surface area is 161 Å². The predicted molar refractivity (Wildman–Crippen MR) is 107 cm³/mol. The molecular weight excluding hydrogens is 344 g/mol. The first-order chi connectivity index (χ1) is 13.0. The van der Waals surface area contributed by atoms with E-state index in [1.807, 2.05) is 12.1 Å². The summed E-state index contributed by atoms with van der Waals surface area (Å²) in [4.78, 5) is 0. The molecule has 148 valence electrons. The van der Waals surface area contributed by atoms with Crippen molar-refractivity contribution in [1.29, 1.82) is 0 Å². The number of phenols is 1. The minimum absolute atomic E-state index is 0.231. The Morgan fingerprint density at radius 3 is 2.04 bits per heavy atom. The van der Waals surface area contributed by atoms with Crippen LogP contribution in [-0.4, -0.2) is 45.8 Å². The van der Waals surface area contributed by atoms with Gasteiger partial charge in [-0.05, 0) is 47.7 Å². The third-order valence-corrected chi connectivity index (χ3v) is 4.40. The molecule has 0 radical (unpaired) electrons. The summed E-state index contributed by atoms with van der Waals surface area (Å²) >= 11 is 0. The Kier molecular flexibility index (Phi) is 7.95. The van der Waals surface area contributed by atoms with Crippen molar-refractivity contribution in [2.45, 2.75) is 26.7 Å².